The van der Waals surface area contributed by atoms with Gasteiger partial charge in [-0.05, 0) is 96.1 Å². The van der Waals surface area contributed by atoms with Gasteiger partial charge in [0.1, 0.15) is 11.6 Å². The lowest BCUT2D eigenvalue weighted by atomic mass is 10.0. The fourth-order valence-corrected chi connectivity index (χ4v) is 7.30. The number of aromatic nitrogens is 4. The highest BCUT2D eigenvalue weighted by Gasteiger charge is 2.21. The molecule has 6 rings (SSSR count). The van der Waals surface area contributed by atoms with Gasteiger partial charge in [0.25, 0.3) is 0 Å². The zero-order valence-electron chi connectivity index (χ0n) is 28.4. The molecule has 6 nitrogen and oxygen atoms in total. The van der Waals surface area contributed by atoms with E-state index in [4.69, 9.17) is 9.97 Å². The van der Waals surface area contributed by atoms with Crippen LogP contribution in [0.1, 0.15) is 62.6 Å². The minimum absolute atomic E-state index is 0.0962. The number of hydrogen-bond donors (Lipinski definition) is 4. The van der Waals surface area contributed by atoms with Gasteiger partial charge in [-0.2, -0.15) is 0 Å². The third kappa shape index (κ3) is 8.31. The Labute approximate surface area is 293 Å². The molecule has 0 saturated carbocycles. The van der Waals surface area contributed by atoms with Crippen LogP contribution in [0.3, 0.4) is 0 Å². The Morgan fingerprint density at radius 3 is 1.15 bits per heavy atom. The van der Waals surface area contributed by atoms with E-state index in [0.717, 1.165) is 34.2 Å². The number of nitrogens with zero attached hydrogens (tertiary/aromatic N) is 2. The molecule has 4 aromatic carbocycles. The second-order valence-electron chi connectivity index (χ2n) is 13.0. The second kappa shape index (κ2) is 15.4. The molecule has 8 heteroatoms. The lowest BCUT2D eigenvalue weighted by molar-refractivity contribution is 0.467. The standard InChI is InChI=1S/C40H44N6S2/c1-25(2)37(45-47-33-19-7-27(5)8-20-33)39-41-23-35(43-39)31-15-11-29(12-16-31)30-13-17-32(18-14-30)36-24-42-40(44-36)38(26(3)4)46-48-34-21-9-28(6)10-22-34/h7-26,37-38,45-46H,1-6H3,(H,41,43)(H,42,44). The van der Waals surface area contributed by atoms with E-state index in [9.17, 15) is 0 Å². The van der Waals surface area contributed by atoms with Gasteiger partial charge in [-0.3, -0.25) is 0 Å². The number of benzene rings is 4. The number of hydrogen-bond acceptors (Lipinski definition) is 6. The Hall–Kier alpha value is -4.08. The molecule has 2 atom stereocenters. The average molecular weight is 673 g/mol. The molecule has 2 heterocycles. The van der Waals surface area contributed by atoms with Gasteiger partial charge in [-0.15, -0.1) is 0 Å². The minimum Gasteiger partial charge on any atom is -0.341 e. The first-order valence-electron chi connectivity index (χ1n) is 16.5. The van der Waals surface area contributed by atoms with Gasteiger partial charge in [0.15, 0.2) is 0 Å². The third-order valence-corrected chi connectivity index (χ3v) is 10.2. The van der Waals surface area contributed by atoms with Crippen LogP contribution >= 0.6 is 23.9 Å². The van der Waals surface area contributed by atoms with E-state index in [0.29, 0.717) is 11.8 Å². The summed E-state index contributed by atoms with van der Waals surface area (Å²) < 4.78 is 7.24. The van der Waals surface area contributed by atoms with Crippen LogP contribution in [-0.2, 0) is 0 Å². The number of imidazole rings is 2. The number of aryl methyl sites for hydroxylation is 2. The first kappa shape index (κ1) is 33.8. The van der Waals surface area contributed by atoms with Crippen LogP contribution in [0.5, 0.6) is 0 Å². The Balaban J connectivity index is 1.09. The van der Waals surface area contributed by atoms with E-state index < -0.39 is 0 Å². The van der Waals surface area contributed by atoms with E-state index in [2.05, 4.69) is 158 Å². The van der Waals surface area contributed by atoms with Gasteiger partial charge >= 0.3 is 0 Å². The highest BCUT2D eigenvalue weighted by atomic mass is 32.2. The van der Waals surface area contributed by atoms with E-state index >= 15 is 0 Å². The van der Waals surface area contributed by atoms with E-state index in [1.807, 2.05) is 12.4 Å². The number of H-pyrrole nitrogens is 2. The van der Waals surface area contributed by atoms with Crippen molar-refractivity contribution < 1.29 is 0 Å². The van der Waals surface area contributed by atoms with Crippen molar-refractivity contribution in [1.29, 1.82) is 0 Å². The fourth-order valence-electron chi connectivity index (χ4n) is 5.46. The molecule has 0 aliphatic rings. The average Bonchev–Trinajstić information content (AvgIpc) is 3.78. The van der Waals surface area contributed by atoms with Crippen LogP contribution in [-0.4, -0.2) is 19.9 Å². The Morgan fingerprint density at radius 1 is 0.479 bits per heavy atom. The second-order valence-corrected chi connectivity index (χ2v) is 14.9. The van der Waals surface area contributed by atoms with Crippen molar-refractivity contribution in [2.45, 2.75) is 63.4 Å². The number of nitrogens with one attached hydrogen (secondary N) is 4. The molecule has 6 aromatic rings. The number of rotatable bonds is 13. The highest BCUT2D eigenvalue weighted by molar-refractivity contribution is 7.97. The molecule has 0 aliphatic carbocycles. The van der Waals surface area contributed by atoms with E-state index in [1.54, 1.807) is 23.9 Å². The van der Waals surface area contributed by atoms with Gasteiger partial charge in [0.05, 0.1) is 35.9 Å². The van der Waals surface area contributed by atoms with Crippen molar-refractivity contribution in [2.24, 2.45) is 11.8 Å². The molecule has 0 fully saturated rings. The predicted molar refractivity (Wildman–Crippen MR) is 203 cm³/mol. The summed E-state index contributed by atoms with van der Waals surface area (Å²) in [5, 5.41) is 0. The maximum absolute atomic E-state index is 4.76. The molecule has 0 bridgehead atoms. The summed E-state index contributed by atoms with van der Waals surface area (Å²) in [6.07, 6.45) is 3.87. The molecule has 2 unspecified atom stereocenters. The van der Waals surface area contributed by atoms with Crippen molar-refractivity contribution in [3.63, 3.8) is 0 Å². The van der Waals surface area contributed by atoms with Crippen LogP contribution in [0, 0.1) is 25.7 Å². The molecule has 0 radical (unpaired) electrons. The molecular weight excluding hydrogens is 629 g/mol. The normalized spacial score (nSPS) is 12.9. The van der Waals surface area contributed by atoms with Crippen LogP contribution in [0.25, 0.3) is 33.6 Å². The Bertz CT molecular complexity index is 1750. The third-order valence-electron chi connectivity index (χ3n) is 8.49. The molecule has 48 heavy (non-hydrogen) atoms. The van der Waals surface area contributed by atoms with Crippen molar-refractivity contribution in [3.8, 4) is 33.6 Å². The SMILES string of the molecule is Cc1ccc(SNC(c2ncc(-c3ccc(-c4ccc(-c5cnc(C(NSc6ccc(C)cc6)C(C)C)[nH]5)cc4)cc3)[nH]2)C(C)C)cc1. The van der Waals surface area contributed by atoms with Gasteiger partial charge in [-0.1, -0.05) is 112 Å². The number of aromatic amines is 2. The lowest BCUT2D eigenvalue weighted by Gasteiger charge is -2.19. The predicted octanol–water partition coefficient (Wildman–Crippen LogP) is 10.7. The zero-order chi connectivity index (χ0) is 33.6. The molecule has 0 spiro atoms. The molecule has 0 saturated heterocycles. The van der Waals surface area contributed by atoms with Crippen molar-refractivity contribution in [2.75, 3.05) is 0 Å². The Morgan fingerprint density at radius 2 is 0.812 bits per heavy atom. The summed E-state index contributed by atoms with van der Waals surface area (Å²) >= 11 is 3.30. The maximum Gasteiger partial charge on any atom is 0.124 e. The van der Waals surface area contributed by atoms with E-state index in [1.165, 1.54) is 32.0 Å². The zero-order valence-corrected chi connectivity index (χ0v) is 30.0. The summed E-state index contributed by atoms with van der Waals surface area (Å²) in [5.41, 5.74) is 9.12. The molecule has 4 N–H and O–H groups in total. The van der Waals surface area contributed by atoms with Crippen molar-refractivity contribution >= 4 is 23.9 Å². The summed E-state index contributed by atoms with van der Waals surface area (Å²) in [6, 6.07) is 34.7. The monoisotopic (exact) mass is 672 g/mol. The Kier molecular flexibility index (Phi) is 10.9. The highest BCUT2D eigenvalue weighted by Crippen LogP contribution is 2.31. The van der Waals surface area contributed by atoms with Crippen LogP contribution < -0.4 is 9.44 Å². The van der Waals surface area contributed by atoms with Gasteiger partial charge < -0.3 is 9.97 Å². The molecule has 246 valence electrons. The van der Waals surface area contributed by atoms with E-state index in [-0.39, 0.29) is 12.1 Å². The first-order chi connectivity index (χ1) is 23.2. The summed E-state index contributed by atoms with van der Waals surface area (Å²) in [6.45, 7) is 13.1. The smallest absolute Gasteiger partial charge is 0.124 e. The van der Waals surface area contributed by atoms with Gasteiger partial charge in [0, 0.05) is 9.79 Å². The van der Waals surface area contributed by atoms with Crippen molar-refractivity contribution in [3.05, 3.63) is 132 Å². The first-order valence-corrected chi connectivity index (χ1v) is 18.2. The van der Waals surface area contributed by atoms with Crippen LogP contribution in [0.4, 0.5) is 0 Å². The molecule has 0 amide bonds. The quantitative estimate of drug-likeness (QED) is 0.0914. The maximum atomic E-state index is 4.76. The largest absolute Gasteiger partial charge is 0.341 e. The molecule has 2 aromatic heterocycles. The van der Waals surface area contributed by atoms with Gasteiger partial charge in [0.2, 0.25) is 0 Å². The van der Waals surface area contributed by atoms with Crippen molar-refractivity contribution in [1.82, 2.24) is 29.4 Å². The van der Waals surface area contributed by atoms with Crippen LogP contribution in [0.15, 0.2) is 119 Å². The lowest BCUT2D eigenvalue weighted by Crippen LogP contribution is -2.21. The molecule has 0 aliphatic heterocycles. The summed E-state index contributed by atoms with van der Waals surface area (Å²) in [4.78, 5) is 19.1. The molecular formula is C40H44N6S2. The van der Waals surface area contributed by atoms with Crippen LogP contribution in [0.2, 0.25) is 0 Å². The fraction of sp³-hybridized carbons (Fsp3) is 0.250. The summed E-state index contributed by atoms with van der Waals surface area (Å²) in [5.74, 6) is 2.64. The summed E-state index contributed by atoms with van der Waals surface area (Å²) in [7, 11) is 0. The topological polar surface area (TPSA) is 81.4 Å². The minimum atomic E-state index is 0.0962. The van der Waals surface area contributed by atoms with Gasteiger partial charge in [-0.25, -0.2) is 19.4 Å².